The maximum Gasteiger partial charge on any atom is 0.160 e. The number of allylic oxidation sites excluding steroid dienone is 2. The first-order valence-electron chi connectivity index (χ1n) is 25.0. The number of carbonyl (C=O) groups is 2. The lowest BCUT2D eigenvalue weighted by Crippen LogP contribution is -2.55. The molecule has 10 atom stereocenters. The smallest absolute Gasteiger partial charge is 0.160 e. The molecular weight excluding hydrogens is 827 g/mol. The maximum atomic E-state index is 14.6. The zero-order valence-corrected chi connectivity index (χ0v) is 38.8. The van der Waals surface area contributed by atoms with Crippen LogP contribution in [0, 0.1) is 46.3 Å². The van der Waals surface area contributed by atoms with Gasteiger partial charge in [-0.1, -0.05) is 73.2 Å². The maximum absolute atomic E-state index is 14.6. The number of aromatic hydroxyl groups is 1. The second-order valence-electron chi connectivity index (χ2n) is 21.0. The Morgan fingerprint density at radius 3 is 2.58 bits per heavy atom. The summed E-state index contributed by atoms with van der Waals surface area (Å²) < 4.78 is 5.54. The van der Waals surface area contributed by atoms with Gasteiger partial charge >= 0.3 is 0 Å². The number of aliphatic hydroxyl groups excluding tert-OH is 3. The van der Waals surface area contributed by atoms with E-state index in [1.54, 1.807) is 6.07 Å². The molecule has 2 heterocycles. The molecule has 0 unspecified atom stereocenters. The number of piperidine rings is 1. The van der Waals surface area contributed by atoms with Crippen molar-refractivity contribution in [3.05, 3.63) is 94.8 Å². The van der Waals surface area contributed by atoms with E-state index >= 15 is 0 Å². The summed E-state index contributed by atoms with van der Waals surface area (Å²) in [5.74, 6) is 9.12. The number of aliphatic hydroxyl groups is 3. The Hall–Kier alpha value is -4.66. The van der Waals surface area contributed by atoms with Crippen LogP contribution >= 0.6 is 0 Å². The van der Waals surface area contributed by atoms with Crippen molar-refractivity contribution in [2.75, 3.05) is 26.8 Å². The molecule has 4 aliphatic carbocycles. The van der Waals surface area contributed by atoms with Gasteiger partial charge in [0.1, 0.15) is 11.2 Å². The number of phenolic OH excluding ortho intramolecular Hbond substituents is 1. The van der Waals surface area contributed by atoms with Gasteiger partial charge in [-0.05, 0) is 164 Å². The number of hydrogen-bond acceptors (Lipinski definition) is 10. The summed E-state index contributed by atoms with van der Waals surface area (Å²) in [5, 5.41) is 54.6. The standard InChI is InChI=1S/C56H71N3O7/c1-66-51-27-40-11-13-52(64)56(20-14-35(24-53(56)65)33-55(18-4-5-19-55)43-29-48-42(17-23-60)26-45(62)31-49(48)59-34-43)21-15-37(47(40)32-50(51)63)10-12-44(61)30-46(41-16-22-58-54(57)28-41)39-9-8-36-6-2-3-7-38(36)25-39/h2-3,6-9,16,25,27-28,32,35,37,42-44,46,48-49,53,58-61,63,65H,4-5,10-14,17-20,22-24,26,29-31,33-34,57H2,1H3/t35-,37+,42-,43-,44+,46+,48-,49-,53-,56-/m1/s1. The van der Waals surface area contributed by atoms with Crippen LogP contribution in [0.25, 0.3) is 10.8 Å². The molecule has 0 radical (unpaired) electrons. The van der Waals surface area contributed by atoms with Gasteiger partial charge in [0.05, 0.1) is 25.1 Å². The molecule has 3 aromatic rings. The monoisotopic (exact) mass is 898 g/mol. The molecule has 4 fully saturated rings. The van der Waals surface area contributed by atoms with E-state index in [0.717, 1.165) is 58.8 Å². The highest BCUT2D eigenvalue weighted by Gasteiger charge is 2.52. The Labute approximate surface area is 390 Å². The van der Waals surface area contributed by atoms with Gasteiger partial charge in [0.2, 0.25) is 0 Å². The average molecular weight is 898 g/mol. The van der Waals surface area contributed by atoms with E-state index in [9.17, 15) is 30.0 Å². The lowest BCUT2D eigenvalue weighted by Gasteiger charge is -2.51. The highest BCUT2D eigenvalue weighted by atomic mass is 16.5. The SMILES string of the molecule is COc1cc2c(cc1O)[C@@H](CC[C@H](O)C[C@H](C1=CCNC(N)=C1)c1ccc3ccccc3c1)C#C[C@]1(CC[C@@H](CC3([C@H]4CN[C@@H]5CC(=O)C[C@@H](CCO)[C@H]5C4)CCCC3)C[C@H]1O)C(=O)CC2. The topological polar surface area (TPSA) is 174 Å². The van der Waals surface area contributed by atoms with Crippen molar-refractivity contribution in [2.45, 2.75) is 139 Å². The van der Waals surface area contributed by atoms with Crippen LogP contribution in [0.2, 0.25) is 0 Å². The molecule has 3 aromatic carbocycles. The van der Waals surface area contributed by atoms with E-state index < -0.39 is 23.5 Å². The van der Waals surface area contributed by atoms with Crippen LogP contribution < -0.4 is 21.1 Å². The van der Waals surface area contributed by atoms with Crippen molar-refractivity contribution in [2.24, 2.45) is 40.2 Å². The van der Waals surface area contributed by atoms with Crippen LogP contribution in [0.15, 0.2) is 78.1 Å². The molecule has 3 saturated carbocycles. The summed E-state index contributed by atoms with van der Waals surface area (Å²) in [5.41, 5.74) is 9.13. The van der Waals surface area contributed by atoms with Crippen LogP contribution in [-0.4, -0.2) is 77.0 Å². The second kappa shape index (κ2) is 19.9. The predicted octanol–water partition coefficient (Wildman–Crippen LogP) is 7.85. The van der Waals surface area contributed by atoms with Crippen molar-refractivity contribution in [3.63, 3.8) is 0 Å². The second-order valence-corrected chi connectivity index (χ2v) is 21.0. The molecule has 0 aromatic heterocycles. The minimum atomic E-state index is -1.19. The van der Waals surface area contributed by atoms with Gasteiger partial charge in [0.25, 0.3) is 0 Å². The number of fused-ring (bicyclic) bond motifs is 3. The lowest BCUT2D eigenvalue weighted by atomic mass is 9.57. The van der Waals surface area contributed by atoms with Crippen molar-refractivity contribution in [1.82, 2.24) is 10.6 Å². The third kappa shape index (κ3) is 9.56. The zero-order chi connectivity index (χ0) is 46.0. The number of carbonyl (C=O) groups excluding carboxylic acids is 2. The number of ketones is 2. The van der Waals surface area contributed by atoms with E-state index in [4.69, 9.17) is 10.5 Å². The Bertz CT molecular complexity index is 2390. The fourth-order valence-corrected chi connectivity index (χ4v) is 13.7. The fraction of sp³-hybridized carbons (Fsp3) is 0.571. The predicted molar refractivity (Wildman–Crippen MR) is 258 cm³/mol. The van der Waals surface area contributed by atoms with E-state index in [1.165, 1.54) is 32.8 Å². The highest BCUT2D eigenvalue weighted by Crippen LogP contribution is 2.56. The van der Waals surface area contributed by atoms with Gasteiger partial charge < -0.3 is 41.5 Å². The Morgan fingerprint density at radius 2 is 1.80 bits per heavy atom. The zero-order valence-electron chi connectivity index (χ0n) is 38.8. The Kier molecular flexibility index (Phi) is 14.0. The van der Waals surface area contributed by atoms with Gasteiger partial charge in [-0.25, -0.2) is 0 Å². The molecule has 10 heteroatoms. The third-order valence-electron chi connectivity index (χ3n) is 17.2. The quantitative estimate of drug-likeness (QED) is 0.0838. The minimum absolute atomic E-state index is 0.00781. The van der Waals surface area contributed by atoms with Crippen LogP contribution in [-0.2, 0) is 16.0 Å². The van der Waals surface area contributed by atoms with Gasteiger partial charge in [0.15, 0.2) is 17.3 Å². The molecule has 2 aliphatic heterocycles. The number of nitrogens with one attached hydrogen (secondary N) is 2. The van der Waals surface area contributed by atoms with Gasteiger partial charge in [-0.2, -0.15) is 0 Å². The Morgan fingerprint density at radius 1 is 0.985 bits per heavy atom. The molecule has 1 spiro atoms. The number of ether oxygens (including phenoxy) is 1. The number of rotatable bonds is 13. The van der Waals surface area contributed by atoms with Crippen molar-refractivity contribution < 1.29 is 34.8 Å². The first-order chi connectivity index (χ1) is 32.0. The van der Waals surface area contributed by atoms with Crippen LogP contribution in [0.4, 0.5) is 0 Å². The summed E-state index contributed by atoms with van der Waals surface area (Å²) in [4.78, 5) is 27.2. The number of methoxy groups -OCH3 is 1. The number of benzene rings is 3. The van der Waals surface area contributed by atoms with Gasteiger partial charge in [-0.15, -0.1) is 0 Å². The van der Waals surface area contributed by atoms with Crippen molar-refractivity contribution in [1.29, 1.82) is 0 Å². The van der Waals surface area contributed by atoms with E-state index in [-0.39, 0.29) is 53.8 Å². The van der Waals surface area contributed by atoms with E-state index in [1.807, 2.05) is 24.3 Å². The molecule has 352 valence electrons. The van der Waals surface area contributed by atoms with E-state index in [2.05, 4.69) is 58.9 Å². The molecule has 0 amide bonds. The van der Waals surface area contributed by atoms with E-state index in [0.29, 0.717) is 93.5 Å². The number of dihydropyridines is 1. The number of aryl methyl sites for hydroxylation is 1. The molecule has 66 heavy (non-hydrogen) atoms. The minimum Gasteiger partial charge on any atom is -0.504 e. The molecule has 6 aliphatic rings. The Balaban J connectivity index is 0.945. The normalized spacial score (nSPS) is 30.6. The molecule has 1 saturated heterocycles. The number of nitrogens with two attached hydrogens (primary N) is 1. The molecular formula is C56H71N3O7. The summed E-state index contributed by atoms with van der Waals surface area (Å²) in [6, 6.07) is 18.5. The number of phenols is 1. The highest BCUT2D eigenvalue weighted by molar-refractivity contribution is 5.89. The molecule has 10 nitrogen and oxygen atoms in total. The third-order valence-corrected chi connectivity index (χ3v) is 17.2. The molecule has 0 bridgehead atoms. The summed E-state index contributed by atoms with van der Waals surface area (Å²) in [7, 11) is 1.52. The van der Waals surface area contributed by atoms with Crippen molar-refractivity contribution in [3.8, 4) is 23.3 Å². The first-order valence-corrected chi connectivity index (χ1v) is 25.0. The van der Waals surface area contributed by atoms with Gasteiger partial charge in [-0.3, -0.25) is 9.59 Å². The first kappa shape index (κ1) is 46.5. The van der Waals surface area contributed by atoms with Crippen LogP contribution in [0.1, 0.15) is 131 Å². The summed E-state index contributed by atoms with van der Waals surface area (Å²) in [6.07, 6.45) is 15.1. The molecule has 8 N–H and O–H groups in total. The average Bonchev–Trinajstić information content (AvgIpc) is 3.81. The largest absolute Gasteiger partial charge is 0.504 e. The number of Topliss-reactive ketones (excluding diaryl/α,β-unsaturated/α-hetero) is 2. The summed E-state index contributed by atoms with van der Waals surface area (Å²) >= 11 is 0. The van der Waals surface area contributed by atoms with Crippen LogP contribution in [0.5, 0.6) is 11.5 Å². The molecule has 9 rings (SSSR count). The number of hydrogen-bond donors (Lipinski definition) is 7. The van der Waals surface area contributed by atoms with Crippen molar-refractivity contribution >= 4 is 22.3 Å². The van der Waals surface area contributed by atoms with Gasteiger partial charge in [0, 0.05) is 50.3 Å². The fourth-order valence-electron chi connectivity index (χ4n) is 13.7. The van der Waals surface area contributed by atoms with Crippen LogP contribution in [0.3, 0.4) is 0 Å². The summed E-state index contributed by atoms with van der Waals surface area (Å²) in [6.45, 7) is 1.64. The lowest BCUT2D eigenvalue weighted by molar-refractivity contribution is -0.135.